The van der Waals surface area contributed by atoms with Gasteiger partial charge in [-0.15, -0.1) is 0 Å². The maximum atomic E-state index is 11.7. The molecular weight excluding hydrogens is 288 g/mol. The number of amides is 1. The maximum absolute atomic E-state index is 11.7. The Morgan fingerprint density at radius 1 is 1.17 bits per heavy atom. The minimum absolute atomic E-state index is 0.0665. The Labute approximate surface area is 136 Å². The molecule has 0 spiro atoms. The molecule has 2 aromatic rings. The van der Waals surface area contributed by atoms with Gasteiger partial charge >= 0.3 is 0 Å². The van der Waals surface area contributed by atoms with Gasteiger partial charge in [0.25, 0.3) is 5.91 Å². The summed E-state index contributed by atoms with van der Waals surface area (Å²) >= 11 is 0. The molecule has 0 bridgehead atoms. The molecule has 23 heavy (non-hydrogen) atoms. The molecule has 0 fully saturated rings. The van der Waals surface area contributed by atoms with Gasteiger partial charge in [-0.25, -0.2) is 4.99 Å². The molecule has 1 amide bonds. The SMILES string of the molecule is CCNC(=O)c1ccc(CN=C(N)Nc2cccc(C)c2)cc1. The van der Waals surface area contributed by atoms with Gasteiger partial charge in [-0.05, 0) is 49.2 Å². The van der Waals surface area contributed by atoms with Crippen LogP contribution in [0.3, 0.4) is 0 Å². The fraction of sp³-hybridized carbons (Fsp3) is 0.222. The van der Waals surface area contributed by atoms with Crippen LogP contribution in [-0.2, 0) is 6.54 Å². The lowest BCUT2D eigenvalue weighted by Crippen LogP contribution is -2.23. The highest BCUT2D eigenvalue weighted by Crippen LogP contribution is 2.09. The summed E-state index contributed by atoms with van der Waals surface area (Å²) in [7, 11) is 0. The first-order chi connectivity index (χ1) is 11.1. The van der Waals surface area contributed by atoms with Crippen molar-refractivity contribution in [3.63, 3.8) is 0 Å². The van der Waals surface area contributed by atoms with Crippen LogP contribution >= 0.6 is 0 Å². The Bertz CT molecular complexity index is 692. The van der Waals surface area contributed by atoms with Crippen molar-refractivity contribution in [3.05, 3.63) is 65.2 Å². The van der Waals surface area contributed by atoms with Gasteiger partial charge in [0, 0.05) is 17.8 Å². The lowest BCUT2D eigenvalue weighted by atomic mass is 10.1. The van der Waals surface area contributed by atoms with Crippen molar-refractivity contribution in [2.24, 2.45) is 10.7 Å². The normalized spacial score (nSPS) is 11.1. The number of nitrogens with two attached hydrogens (primary N) is 1. The molecule has 2 rings (SSSR count). The maximum Gasteiger partial charge on any atom is 0.251 e. The Hall–Kier alpha value is -2.82. The predicted octanol–water partition coefficient (Wildman–Crippen LogP) is 2.67. The number of nitrogens with one attached hydrogen (secondary N) is 2. The highest BCUT2D eigenvalue weighted by Gasteiger charge is 2.03. The average molecular weight is 310 g/mol. The summed E-state index contributed by atoms with van der Waals surface area (Å²) in [6.07, 6.45) is 0. The Kier molecular flexibility index (Phi) is 5.74. The summed E-state index contributed by atoms with van der Waals surface area (Å²) in [5.74, 6) is 0.298. The van der Waals surface area contributed by atoms with Crippen LogP contribution < -0.4 is 16.4 Å². The van der Waals surface area contributed by atoms with E-state index in [2.05, 4.69) is 15.6 Å². The van der Waals surface area contributed by atoms with Gasteiger partial charge in [-0.2, -0.15) is 0 Å². The van der Waals surface area contributed by atoms with E-state index in [0.29, 0.717) is 24.6 Å². The van der Waals surface area contributed by atoms with E-state index in [-0.39, 0.29) is 5.91 Å². The predicted molar refractivity (Wildman–Crippen MR) is 94.6 cm³/mol. The van der Waals surface area contributed by atoms with Crippen molar-refractivity contribution < 1.29 is 4.79 Å². The van der Waals surface area contributed by atoms with Crippen molar-refractivity contribution >= 4 is 17.6 Å². The van der Waals surface area contributed by atoms with Gasteiger partial charge in [0.2, 0.25) is 0 Å². The van der Waals surface area contributed by atoms with Crippen molar-refractivity contribution in [2.75, 3.05) is 11.9 Å². The van der Waals surface area contributed by atoms with Gasteiger partial charge in [0.15, 0.2) is 5.96 Å². The highest BCUT2D eigenvalue weighted by molar-refractivity contribution is 5.94. The zero-order chi connectivity index (χ0) is 16.7. The first kappa shape index (κ1) is 16.5. The second-order valence-corrected chi connectivity index (χ2v) is 5.25. The number of aryl methyl sites for hydroxylation is 1. The molecule has 0 saturated heterocycles. The molecule has 0 radical (unpaired) electrons. The van der Waals surface area contributed by atoms with Gasteiger partial charge in [-0.1, -0.05) is 24.3 Å². The molecule has 0 aromatic heterocycles. The molecule has 5 nitrogen and oxygen atoms in total. The molecule has 4 N–H and O–H groups in total. The van der Waals surface area contributed by atoms with E-state index in [9.17, 15) is 4.79 Å². The van der Waals surface area contributed by atoms with Crippen LogP contribution in [0.25, 0.3) is 0 Å². The zero-order valence-electron chi connectivity index (χ0n) is 13.5. The summed E-state index contributed by atoms with van der Waals surface area (Å²) in [6, 6.07) is 15.3. The van der Waals surface area contributed by atoms with E-state index in [1.807, 2.05) is 50.2 Å². The molecule has 0 aliphatic rings. The number of hydrogen-bond donors (Lipinski definition) is 3. The van der Waals surface area contributed by atoms with E-state index in [0.717, 1.165) is 16.8 Å². The van der Waals surface area contributed by atoms with E-state index in [1.54, 1.807) is 12.1 Å². The summed E-state index contributed by atoms with van der Waals surface area (Å²) < 4.78 is 0. The Balaban J connectivity index is 1.95. The molecule has 0 saturated carbocycles. The number of carbonyl (C=O) groups is 1. The summed E-state index contributed by atoms with van der Waals surface area (Å²) in [5, 5.41) is 5.83. The smallest absolute Gasteiger partial charge is 0.251 e. The Morgan fingerprint density at radius 2 is 1.91 bits per heavy atom. The van der Waals surface area contributed by atoms with Crippen LogP contribution in [0, 0.1) is 6.92 Å². The van der Waals surface area contributed by atoms with E-state index >= 15 is 0 Å². The van der Waals surface area contributed by atoms with Gasteiger partial charge < -0.3 is 16.4 Å². The first-order valence-corrected chi connectivity index (χ1v) is 7.59. The van der Waals surface area contributed by atoms with Crippen LogP contribution in [0.2, 0.25) is 0 Å². The third kappa shape index (κ3) is 5.14. The molecule has 0 atom stereocenters. The number of anilines is 1. The van der Waals surface area contributed by atoms with Crippen LogP contribution in [0.5, 0.6) is 0 Å². The van der Waals surface area contributed by atoms with Crippen molar-refractivity contribution in [1.29, 1.82) is 0 Å². The molecule has 120 valence electrons. The second kappa shape index (κ2) is 7.98. The summed E-state index contributed by atoms with van der Waals surface area (Å²) in [5.41, 5.74) is 9.60. The largest absolute Gasteiger partial charge is 0.370 e. The van der Waals surface area contributed by atoms with Crippen LogP contribution in [0.1, 0.15) is 28.4 Å². The minimum atomic E-state index is -0.0665. The quantitative estimate of drug-likeness (QED) is 0.587. The van der Waals surface area contributed by atoms with Crippen molar-refractivity contribution in [3.8, 4) is 0 Å². The Morgan fingerprint density at radius 3 is 2.57 bits per heavy atom. The lowest BCUT2D eigenvalue weighted by molar-refractivity contribution is 0.0956. The molecule has 0 aliphatic carbocycles. The second-order valence-electron chi connectivity index (χ2n) is 5.25. The first-order valence-electron chi connectivity index (χ1n) is 7.59. The molecule has 0 aliphatic heterocycles. The van der Waals surface area contributed by atoms with Gasteiger partial charge in [0.1, 0.15) is 0 Å². The summed E-state index contributed by atoms with van der Waals surface area (Å²) in [6.45, 7) is 4.99. The number of rotatable bonds is 5. The van der Waals surface area contributed by atoms with Crippen LogP contribution in [0.15, 0.2) is 53.5 Å². The third-order valence-electron chi connectivity index (χ3n) is 3.28. The molecule has 0 unspecified atom stereocenters. The fourth-order valence-electron chi connectivity index (χ4n) is 2.11. The van der Waals surface area contributed by atoms with Crippen LogP contribution in [0.4, 0.5) is 5.69 Å². The number of carbonyl (C=O) groups excluding carboxylic acids is 1. The monoisotopic (exact) mass is 310 g/mol. The van der Waals surface area contributed by atoms with E-state index in [1.165, 1.54) is 0 Å². The summed E-state index contributed by atoms with van der Waals surface area (Å²) in [4.78, 5) is 16.0. The number of benzene rings is 2. The fourth-order valence-corrected chi connectivity index (χ4v) is 2.11. The standard InChI is InChI=1S/C18H22N4O/c1-3-20-17(23)15-9-7-14(8-10-15)12-21-18(19)22-16-6-4-5-13(2)11-16/h4-11H,3,12H2,1-2H3,(H,20,23)(H3,19,21,22). The van der Waals surface area contributed by atoms with Gasteiger partial charge in [0.05, 0.1) is 6.54 Å². The number of hydrogen-bond acceptors (Lipinski definition) is 2. The zero-order valence-corrected chi connectivity index (χ0v) is 13.5. The molecule has 5 heteroatoms. The lowest BCUT2D eigenvalue weighted by Gasteiger charge is -2.07. The molecule has 0 heterocycles. The van der Waals surface area contributed by atoms with Crippen molar-refractivity contribution in [2.45, 2.75) is 20.4 Å². The van der Waals surface area contributed by atoms with E-state index < -0.39 is 0 Å². The van der Waals surface area contributed by atoms with E-state index in [4.69, 9.17) is 5.73 Å². The molecule has 2 aromatic carbocycles. The van der Waals surface area contributed by atoms with Crippen LogP contribution in [-0.4, -0.2) is 18.4 Å². The number of aliphatic imine (C=N–C) groups is 1. The van der Waals surface area contributed by atoms with Crippen molar-refractivity contribution in [1.82, 2.24) is 5.32 Å². The number of nitrogens with zero attached hydrogens (tertiary/aromatic N) is 1. The van der Waals surface area contributed by atoms with Gasteiger partial charge in [-0.3, -0.25) is 4.79 Å². The highest BCUT2D eigenvalue weighted by atomic mass is 16.1. The minimum Gasteiger partial charge on any atom is -0.370 e. The topological polar surface area (TPSA) is 79.5 Å². The number of guanidine groups is 1. The average Bonchev–Trinajstić information content (AvgIpc) is 2.54. The molecular formula is C18H22N4O. The third-order valence-corrected chi connectivity index (χ3v) is 3.28.